The fourth-order valence-electron chi connectivity index (χ4n) is 3.38. The summed E-state index contributed by atoms with van der Waals surface area (Å²) in [4.78, 5) is 4.74. The van der Waals surface area contributed by atoms with E-state index in [9.17, 15) is 0 Å². The van der Waals surface area contributed by atoms with Crippen molar-refractivity contribution in [1.29, 1.82) is 0 Å². The molecule has 1 aliphatic rings. The lowest BCUT2D eigenvalue weighted by Gasteiger charge is -2.27. The van der Waals surface area contributed by atoms with E-state index >= 15 is 0 Å². The van der Waals surface area contributed by atoms with Gasteiger partial charge in [0.25, 0.3) is 0 Å². The van der Waals surface area contributed by atoms with Crippen LogP contribution >= 0.6 is 27.5 Å². The van der Waals surface area contributed by atoms with Crippen LogP contribution in [-0.2, 0) is 6.54 Å². The summed E-state index contributed by atoms with van der Waals surface area (Å²) in [6, 6.07) is 6.28. The van der Waals surface area contributed by atoms with Crippen LogP contribution in [0.25, 0.3) is 11.0 Å². The Balaban J connectivity index is 1.95. The lowest BCUT2D eigenvalue weighted by molar-refractivity contribution is 0.265. The minimum Gasteiger partial charge on any atom is -0.326 e. The molecule has 0 saturated heterocycles. The van der Waals surface area contributed by atoms with Crippen LogP contribution in [0, 0.1) is 11.8 Å². The van der Waals surface area contributed by atoms with E-state index in [1.807, 2.05) is 13.0 Å². The molecule has 21 heavy (non-hydrogen) atoms. The molecule has 0 aliphatic heterocycles. The van der Waals surface area contributed by atoms with Gasteiger partial charge in [0.2, 0.25) is 0 Å². The van der Waals surface area contributed by atoms with Gasteiger partial charge in [0, 0.05) is 11.0 Å². The van der Waals surface area contributed by atoms with Gasteiger partial charge in [0.15, 0.2) is 0 Å². The van der Waals surface area contributed by atoms with Gasteiger partial charge >= 0.3 is 0 Å². The third-order valence-electron chi connectivity index (χ3n) is 4.67. The summed E-state index contributed by atoms with van der Waals surface area (Å²) in [5.41, 5.74) is 2.25. The largest absolute Gasteiger partial charge is 0.326 e. The maximum absolute atomic E-state index is 6.37. The molecular weight excluding hydrogens is 348 g/mol. The molecule has 114 valence electrons. The second-order valence-electron chi connectivity index (χ2n) is 6.46. The SMILES string of the molecule is CC1CCC(Cn2c(C(C)Cl)nc3ccc(Br)cc32)CC1. The Labute approximate surface area is 140 Å². The van der Waals surface area contributed by atoms with E-state index < -0.39 is 0 Å². The first-order valence-corrected chi connectivity index (χ1v) is 9.07. The molecule has 1 aromatic heterocycles. The highest BCUT2D eigenvalue weighted by atomic mass is 79.9. The third-order valence-corrected chi connectivity index (χ3v) is 5.36. The van der Waals surface area contributed by atoms with Crippen molar-refractivity contribution in [2.75, 3.05) is 0 Å². The normalized spacial score (nSPS) is 24.4. The fraction of sp³-hybridized carbons (Fsp3) is 0.588. The molecule has 1 unspecified atom stereocenters. The molecule has 1 atom stereocenters. The van der Waals surface area contributed by atoms with Gasteiger partial charge in [0.05, 0.1) is 16.4 Å². The van der Waals surface area contributed by atoms with Crippen molar-refractivity contribution in [3.63, 3.8) is 0 Å². The number of nitrogens with zero attached hydrogens (tertiary/aromatic N) is 2. The average Bonchev–Trinajstić information content (AvgIpc) is 2.80. The van der Waals surface area contributed by atoms with E-state index in [2.05, 4.69) is 39.6 Å². The van der Waals surface area contributed by atoms with Crippen molar-refractivity contribution >= 4 is 38.6 Å². The van der Waals surface area contributed by atoms with Crippen LogP contribution in [0.1, 0.15) is 50.7 Å². The smallest absolute Gasteiger partial charge is 0.127 e. The van der Waals surface area contributed by atoms with Crippen molar-refractivity contribution in [2.24, 2.45) is 11.8 Å². The van der Waals surface area contributed by atoms with Crippen molar-refractivity contribution in [2.45, 2.75) is 51.5 Å². The first-order chi connectivity index (χ1) is 10.0. The van der Waals surface area contributed by atoms with Gasteiger partial charge in [0.1, 0.15) is 5.82 Å². The Hall–Kier alpha value is -0.540. The molecule has 0 N–H and O–H groups in total. The number of imidazole rings is 1. The number of hydrogen-bond donors (Lipinski definition) is 0. The zero-order valence-electron chi connectivity index (χ0n) is 12.6. The van der Waals surface area contributed by atoms with E-state index in [0.717, 1.165) is 34.2 Å². The number of aromatic nitrogens is 2. The number of alkyl halides is 1. The van der Waals surface area contributed by atoms with Crippen molar-refractivity contribution < 1.29 is 0 Å². The molecule has 2 aromatic rings. The molecule has 0 spiro atoms. The summed E-state index contributed by atoms with van der Waals surface area (Å²) in [7, 11) is 0. The molecule has 3 rings (SSSR count). The highest BCUT2D eigenvalue weighted by molar-refractivity contribution is 9.10. The van der Waals surface area contributed by atoms with E-state index in [1.165, 1.54) is 31.2 Å². The van der Waals surface area contributed by atoms with Crippen molar-refractivity contribution in [1.82, 2.24) is 9.55 Å². The monoisotopic (exact) mass is 368 g/mol. The minimum atomic E-state index is -0.0568. The van der Waals surface area contributed by atoms with Crippen molar-refractivity contribution in [3.8, 4) is 0 Å². The number of halogens is 2. The van der Waals surface area contributed by atoms with E-state index in [1.54, 1.807) is 0 Å². The summed E-state index contributed by atoms with van der Waals surface area (Å²) in [5.74, 6) is 2.65. The molecule has 1 fully saturated rings. The maximum Gasteiger partial charge on any atom is 0.127 e. The van der Waals surface area contributed by atoms with Crippen LogP contribution in [0.3, 0.4) is 0 Å². The van der Waals surface area contributed by atoms with Gasteiger partial charge in [-0.2, -0.15) is 0 Å². The Bertz CT molecular complexity index is 627. The number of benzene rings is 1. The van der Waals surface area contributed by atoms with Gasteiger partial charge < -0.3 is 4.57 Å². The Kier molecular flexibility index (Phi) is 4.60. The molecule has 1 aliphatic carbocycles. The lowest BCUT2D eigenvalue weighted by atomic mass is 9.83. The fourth-order valence-corrected chi connectivity index (χ4v) is 3.90. The number of fused-ring (bicyclic) bond motifs is 1. The molecular formula is C17H22BrClN2. The van der Waals surface area contributed by atoms with Crippen LogP contribution in [0.4, 0.5) is 0 Å². The summed E-state index contributed by atoms with van der Waals surface area (Å²) < 4.78 is 3.44. The standard InChI is InChI=1S/C17H22BrClN2/c1-11-3-5-13(6-4-11)10-21-16-9-14(18)7-8-15(16)20-17(21)12(2)19/h7-9,11-13H,3-6,10H2,1-2H3. The van der Waals surface area contributed by atoms with Crippen LogP contribution < -0.4 is 0 Å². The van der Waals surface area contributed by atoms with Crippen LogP contribution in [0.2, 0.25) is 0 Å². The molecule has 0 radical (unpaired) electrons. The zero-order valence-corrected chi connectivity index (χ0v) is 15.0. The molecule has 4 heteroatoms. The predicted molar refractivity (Wildman–Crippen MR) is 92.8 cm³/mol. The lowest BCUT2D eigenvalue weighted by Crippen LogP contribution is -2.19. The van der Waals surface area contributed by atoms with Crippen LogP contribution in [0.15, 0.2) is 22.7 Å². The molecule has 0 bridgehead atoms. The molecule has 2 nitrogen and oxygen atoms in total. The highest BCUT2D eigenvalue weighted by Crippen LogP contribution is 2.33. The third kappa shape index (κ3) is 3.29. The van der Waals surface area contributed by atoms with E-state index in [0.29, 0.717) is 0 Å². The van der Waals surface area contributed by atoms with Crippen LogP contribution in [-0.4, -0.2) is 9.55 Å². The Morgan fingerprint density at radius 3 is 2.71 bits per heavy atom. The summed E-state index contributed by atoms with van der Waals surface area (Å²) in [6.45, 7) is 5.43. The molecule has 1 heterocycles. The minimum absolute atomic E-state index is 0.0568. The van der Waals surface area contributed by atoms with Gasteiger partial charge in [-0.25, -0.2) is 4.98 Å². The topological polar surface area (TPSA) is 17.8 Å². The second-order valence-corrected chi connectivity index (χ2v) is 8.03. The number of hydrogen-bond acceptors (Lipinski definition) is 1. The van der Waals surface area contributed by atoms with E-state index in [-0.39, 0.29) is 5.38 Å². The summed E-state index contributed by atoms with van der Waals surface area (Å²) >= 11 is 9.94. The average molecular weight is 370 g/mol. The zero-order chi connectivity index (χ0) is 15.0. The number of rotatable bonds is 3. The quantitative estimate of drug-likeness (QED) is 0.613. The molecule has 0 amide bonds. The van der Waals surface area contributed by atoms with E-state index in [4.69, 9.17) is 16.6 Å². The predicted octanol–water partition coefficient (Wildman–Crippen LogP) is 5.92. The first-order valence-electron chi connectivity index (χ1n) is 7.84. The van der Waals surface area contributed by atoms with Crippen molar-refractivity contribution in [3.05, 3.63) is 28.5 Å². The van der Waals surface area contributed by atoms with Gasteiger partial charge in [-0.15, -0.1) is 11.6 Å². The Morgan fingerprint density at radius 2 is 2.05 bits per heavy atom. The highest BCUT2D eigenvalue weighted by Gasteiger charge is 2.22. The maximum atomic E-state index is 6.37. The van der Waals surface area contributed by atoms with Gasteiger partial charge in [-0.3, -0.25) is 0 Å². The summed E-state index contributed by atoms with van der Waals surface area (Å²) in [5, 5.41) is -0.0568. The molecule has 1 aromatic carbocycles. The van der Waals surface area contributed by atoms with Crippen LogP contribution in [0.5, 0.6) is 0 Å². The Morgan fingerprint density at radius 1 is 1.33 bits per heavy atom. The van der Waals surface area contributed by atoms with Gasteiger partial charge in [-0.05, 0) is 49.8 Å². The molecule has 1 saturated carbocycles. The second kappa shape index (κ2) is 6.29. The summed E-state index contributed by atoms with van der Waals surface area (Å²) in [6.07, 6.45) is 5.36. The van der Waals surface area contributed by atoms with Gasteiger partial charge in [-0.1, -0.05) is 35.7 Å². The first kappa shape index (κ1) is 15.4.